The van der Waals surface area contributed by atoms with E-state index in [-0.39, 0.29) is 18.5 Å². The molecule has 0 aromatic carbocycles. The maximum atomic E-state index is 11.8. The first-order valence-electron chi connectivity index (χ1n) is 6.36. The molecule has 0 radical (unpaired) electrons. The predicted octanol–water partition coefficient (Wildman–Crippen LogP) is 0.450. The fourth-order valence-electron chi connectivity index (χ4n) is 2.87. The smallest absolute Gasteiger partial charge is 0.309 e. The number of hydrogen-bond acceptors (Lipinski definition) is 3. The minimum Gasteiger partial charge on any atom is -0.481 e. The van der Waals surface area contributed by atoms with Gasteiger partial charge >= 0.3 is 5.97 Å². The summed E-state index contributed by atoms with van der Waals surface area (Å²) in [7, 11) is 0. The molecule has 1 amide bonds. The predicted molar refractivity (Wildman–Crippen MR) is 62.6 cm³/mol. The zero-order chi connectivity index (χ0) is 12.4. The average Bonchev–Trinajstić information content (AvgIpc) is 2.76. The van der Waals surface area contributed by atoms with Gasteiger partial charge < -0.3 is 10.4 Å². The van der Waals surface area contributed by atoms with Gasteiger partial charge in [-0.2, -0.15) is 0 Å². The van der Waals surface area contributed by atoms with E-state index in [2.05, 4.69) is 10.2 Å². The van der Waals surface area contributed by atoms with Crippen LogP contribution in [0.1, 0.15) is 32.6 Å². The summed E-state index contributed by atoms with van der Waals surface area (Å²) in [6.45, 7) is 2.61. The zero-order valence-corrected chi connectivity index (χ0v) is 10.2. The quantitative estimate of drug-likeness (QED) is 0.735. The Morgan fingerprint density at radius 2 is 2.06 bits per heavy atom. The van der Waals surface area contributed by atoms with Crippen LogP contribution >= 0.6 is 0 Å². The van der Waals surface area contributed by atoms with Crippen molar-refractivity contribution >= 4 is 11.9 Å². The number of carbonyl (C=O) groups excluding carboxylic acids is 1. The normalized spacial score (nSPS) is 32.2. The Morgan fingerprint density at radius 3 is 2.65 bits per heavy atom. The molecule has 5 heteroatoms. The molecule has 2 rings (SSSR count). The number of aliphatic carboxylic acids is 1. The minimum atomic E-state index is -0.817. The largest absolute Gasteiger partial charge is 0.481 e. The van der Waals surface area contributed by atoms with Crippen LogP contribution in [0.4, 0.5) is 0 Å². The number of amides is 1. The van der Waals surface area contributed by atoms with Gasteiger partial charge in [0.1, 0.15) is 0 Å². The first-order chi connectivity index (χ1) is 8.09. The van der Waals surface area contributed by atoms with Crippen molar-refractivity contribution in [3.05, 3.63) is 0 Å². The number of carboxylic acid groups (broad SMARTS) is 1. The minimum absolute atomic E-state index is 0.0411. The van der Waals surface area contributed by atoms with Gasteiger partial charge in [0, 0.05) is 19.1 Å². The Labute approximate surface area is 101 Å². The van der Waals surface area contributed by atoms with Gasteiger partial charge in [-0.15, -0.1) is 0 Å². The van der Waals surface area contributed by atoms with Crippen LogP contribution in [-0.2, 0) is 9.59 Å². The van der Waals surface area contributed by atoms with Crippen molar-refractivity contribution in [3.8, 4) is 0 Å². The molecule has 1 saturated carbocycles. The second-order valence-corrected chi connectivity index (χ2v) is 5.09. The van der Waals surface area contributed by atoms with E-state index in [1.807, 2.05) is 6.92 Å². The Kier molecular flexibility index (Phi) is 3.66. The third kappa shape index (κ3) is 2.60. The standard InChI is InChI=1S/C12H20N2O3/c1-8-11(15)13-6-9(12(16)17)7-14(8)10-4-2-3-5-10/h8-10H,2-7H2,1H3,(H,13,15)(H,16,17). The second-order valence-electron chi connectivity index (χ2n) is 5.09. The Morgan fingerprint density at radius 1 is 1.41 bits per heavy atom. The Balaban J connectivity index is 2.13. The van der Waals surface area contributed by atoms with Crippen LogP contribution < -0.4 is 5.32 Å². The van der Waals surface area contributed by atoms with Gasteiger partial charge in [0.15, 0.2) is 0 Å². The van der Waals surface area contributed by atoms with E-state index in [0.717, 1.165) is 12.8 Å². The molecule has 1 aliphatic heterocycles. The van der Waals surface area contributed by atoms with Gasteiger partial charge in [-0.25, -0.2) is 0 Å². The summed E-state index contributed by atoms with van der Waals surface area (Å²) < 4.78 is 0. The number of hydrogen-bond donors (Lipinski definition) is 2. The molecule has 2 aliphatic rings. The van der Waals surface area contributed by atoms with Gasteiger partial charge in [-0.3, -0.25) is 14.5 Å². The van der Waals surface area contributed by atoms with Crippen LogP contribution in [0.5, 0.6) is 0 Å². The van der Waals surface area contributed by atoms with Crippen molar-refractivity contribution in [1.82, 2.24) is 10.2 Å². The molecule has 2 N–H and O–H groups in total. The summed E-state index contributed by atoms with van der Waals surface area (Å²) in [5.74, 6) is -1.34. The number of carboxylic acids is 1. The van der Waals surface area contributed by atoms with E-state index in [1.54, 1.807) is 0 Å². The summed E-state index contributed by atoms with van der Waals surface area (Å²) in [4.78, 5) is 25.0. The fourth-order valence-corrected chi connectivity index (χ4v) is 2.87. The zero-order valence-electron chi connectivity index (χ0n) is 10.2. The van der Waals surface area contributed by atoms with Crippen LogP contribution in [0.25, 0.3) is 0 Å². The summed E-state index contributed by atoms with van der Waals surface area (Å²) >= 11 is 0. The van der Waals surface area contributed by atoms with Crippen molar-refractivity contribution in [2.24, 2.45) is 5.92 Å². The lowest BCUT2D eigenvalue weighted by molar-refractivity contribution is -0.142. The molecule has 0 spiro atoms. The highest BCUT2D eigenvalue weighted by molar-refractivity contribution is 5.83. The lowest BCUT2D eigenvalue weighted by Crippen LogP contribution is -2.47. The molecule has 96 valence electrons. The van der Waals surface area contributed by atoms with Crippen LogP contribution in [-0.4, -0.2) is 47.1 Å². The van der Waals surface area contributed by atoms with Crippen LogP contribution in [0.2, 0.25) is 0 Å². The van der Waals surface area contributed by atoms with Crippen molar-refractivity contribution in [3.63, 3.8) is 0 Å². The van der Waals surface area contributed by atoms with Gasteiger partial charge in [0.05, 0.1) is 12.0 Å². The Bertz CT molecular complexity index is 313. The first-order valence-corrected chi connectivity index (χ1v) is 6.36. The summed E-state index contributed by atoms with van der Waals surface area (Å²) in [5.41, 5.74) is 0. The number of carbonyl (C=O) groups is 2. The molecular formula is C12H20N2O3. The van der Waals surface area contributed by atoms with Gasteiger partial charge in [-0.1, -0.05) is 12.8 Å². The summed E-state index contributed by atoms with van der Waals surface area (Å²) in [6, 6.07) is 0.179. The molecule has 2 unspecified atom stereocenters. The van der Waals surface area contributed by atoms with Crippen molar-refractivity contribution in [2.75, 3.05) is 13.1 Å². The molecule has 2 fully saturated rings. The van der Waals surface area contributed by atoms with E-state index in [0.29, 0.717) is 12.6 Å². The summed E-state index contributed by atoms with van der Waals surface area (Å²) in [6.07, 6.45) is 4.55. The van der Waals surface area contributed by atoms with E-state index in [1.165, 1.54) is 12.8 Å². The number of nitrogens with one attached hydrogen (secondary N) is 1. The molecule has 0 aromatic rings. The van der Waals surface area contributed by atoms with E-state index < -0.39 is 11.9 Å². The van der Waals surface area contributed by atoms with Crippen molar-refractivity contribution in [2.45, 2.75) is 44.7 Å². The third-order valence-corrected chi connectivity index (χ3v) is 3.97. The average molecular weight is 240 g/mol. The van der Waals surface area contributed by atoms with Crippen molar-refractivity contribution < 1.29 is 14.7 Å². The lowest BCUT2D eigenvalue weighted by Gasteiger charge is -2.32. The third-order valence-electron chi connectivity index (χ3n) is 3.97. The molecule has 1 saturated heterocycles. The highest BCUT2D eigenvalue weighted by atomic mass is 16.4. The van der Waals surface area contributed by atoms with E-state index >= 15 is 0 Å². The Hall–Kier alpha value is -1.10. The maximum Gasteiger partial charge on any atom is 0.309 e. The molecule has 5 nitrogen and oxygen atoms in total. The maximum absolute atomic E-state index is 11.8. The topological polar surface area (TPSA) is 69.6 Å². The van der Waals surface area contributed by atoms with Crippen molar-refractivity contribution in [1.29, 1.82) is 0 Å². The first kappa shape index (κ1) is 12.4. The fraction of sp³-hybridized carbons (Fsp3) is 0.833. The summed E-state index contributed by atoms with van der Waals surface area (Å²) in [5, 5.41) is 11.8. The number of nitrogens with zero attached hydrogens (tertiary/aromatic N) is 1. The molecule has 0 aromatic heterocycles. The molecular weight excluding hydrogens is 220 g/mol. The lowest BCUT2D eigenvalue weighted by atomic mass is 10.1. The number of rotatable bonds is 2. The molecule has 17 heavy (non-hydrogen) atoms. The van der Waals surface area contributed by atoms with E-state index in [9.17, 15) is 9.59 Å². The SMILES string of the molecule is CC1C(=O)NCC(C(=O)O)CN1C1CCCC1. The van der Waals surface area contributed by atoms with E-state index in [4.69, 9.17) is 5.11 Å². The highest BCUT2D eigenvalue weighted by Gasteiger charge is 2.36. The van der Waals surface area contributed by atoms with Gasteiger partial charge in [0.2, 0.25) is 5.91 Å². The molecule has 2 atom stereocenters. The molecule has 1 aliphatic carbocycles. The molecule has 0 bridgehead atoms. The highest BCUT2D eigenvalue weighted by Crippen LogP contribution is 2.26. The monoisotopic (exact) mass is 240 g/mol. The molecule has 1 heterocycles. The van der Waals surface area contributed by atoms with Gasteiger partial charge in [0.25, 0.3) is 0 Å². The van der Waals surface area contributed by atoms with Crippen LogP contribution in [0.3, 0.4) is 0 Å². The van der Waals surface area contributed by atoms with Crippen LogP contribution in [0.15, 0.2) is 0 Å². The van der Waals surface area contributed by atoms with Crippen LogP contribution in [0, 0.1) is 5.92 Å². The second kappa shape index (κ2) is 5.04. The van der Waals surface area contributed by atoms with Gasteiger partial charge in [-0.05, 0) is 19.8 Å².